The topological polar surface area (TPSA) is 80.1 Å². The number of hydrogen-bond acceptors (Lipinski definition) is 4. The standard InChI is InChI=1S/C23H24FN5O2/c1-28-13-17-14-29(21(30)10-7-16-5-8-18(24)9-6-16)15-20(22(17)27-28)23(31)26-12-19-4-2-3-11-25-19/h2-6,8-9,11,13,20H,7,10,12,14-15H2,1H3,(H,26,31)/t20-/m1/s1. The van der Waals surface area contributed by atoms with Gasteiger partial charge in [0.15, 0.2) is 0 Å². The predicted molar refractivity (Wildman–Crippen MR) is 112 cm³/mol. The van der Waals surface area contributed by atoms with Gasteiger partial charge in [-0.25, -0.2) is 4.39 Å². The number of hydrogen-bond donors (Lipinski definition) is 1. The Morgan fingerprint density at radius 3 is 2.74 bits per heavy atom. The fraction of sp³-hybridized carbons (Fsp3) is 0.304. The van der Waals surface area contributed by atoms with Crippen molar-refractivity contribution in [3.8, 4) is 0 Å². The van der Waals surface area contributed by atoms with E-state index in [-0.39, 0.29) is 24.2 Å². The van der Waals surface area contributed by atoms with Crippen molar-refractivity contribution in [2.45, 2.75) is 31.8 Å². The van der Waals surface area contributed by atoms with Crippen molar-refractivity contribution in [3.63, 3.8) is 0 Å². The zero-order valence-corrected chi connectivity index (χ0v) is 17.3. The highest BCUT2D eigenvalue weighted by Gasteiger charge is 2.35. The Balaban J connectivity index is 1.43. The van der Waals surface area contributed by atoms with E-state index in [9.17, 15) is 14.0 Å². The molecule has 31 heavy (non-hydrogen) atoms. The zero-order valence-electron chi connectivity index (χ0n) is 17.3. The first-order chi connectivity index (χ1) is 15.0. The summed E-state index contributed by atoms with van der Waals surface area (Å²) in [5.41, 5.74) is 3.25. The monoisotopic (exact) mass is 421 g/mol. The minimum Gasteiger partial charge on any atom is -0.350 e. The Labute approximate surface area is 179 Å². The first kappa shape index (κ1) is 20.7. The number of nitrogens with one attached hydrogen (secondary N) is 1. The third-order valence-corrected chi connectivity index (χ3v) is 5.41. The van der Waals surface area contributed by atoms with E-state index in [1.807, 2.05) is 31.4 Å². The third kappa shape index (κ3) is 4.96. The molecule has 7 nitrogen and oxygen atoms in total. The number of amides is 2. The summed E-state index contributed by atoms with van der Waals surface area (Å²) < 4.78 is 14.8. The van der Waals surface area contributed by atoms with Crippen molar-refractivity contribution in [1.82, 2.24) is 25.0 Å². The van der Waals surface area contributed by atoms with Crippen LogP contribution in [0, 0.1) is 5.82 Å². The Morgan fingerprint density at radius 2 is 2.00 bits per heavy atom. The Bertz CT molecular complexity index is 1070. The lowest BCUT2D eigenvalue weighted by molar-refractivity contribution is -0.133. The highest BCUT2D eigenvalue weighted by atomic mass is 19.1. The van der Waals surface area contributed by atoms with Gasteiger partial charge < -0.3 is 10.2 Å². The normalized spacial score (nSPS) is 15.4. The molecular weight excluding hydrogens is 397 g/mol. The maximum Gasteiger partial charge on any atom is 0.231 e. The number of aryl methyl sites for hydroxylation is 2. The van der Waals surface area contributed by atoms with Gasteiger partial charge in [-0.2, -0.15) is 5.10 Å². The van der Waals surface area contributed by atoms with Gasteiger partial charge in [0.1, 0.15) is 5.82 Å². The summed E-state index contributed by atoms with van der Waals surface area (Å²) in [4.78, 5) is 31.8. The van der Waals surface area contributed by atoms with Crippen molar-refractivity contribution < 1.29 is 14.0 Å². The van der Waals surface area contributed by atoms with Crippen LogP contribution in [0.2, 0.25) is 0 Å². The quantitative estimate of drug-likeness (QED) is 0.663. The molecule has 0 radical (unpaired) electrons. The van der Waals surface area contributed by atoms with Crippen molar-refractivity contribution in [2.75, 3.05) is 6.54 Å². The van der Waals surface area contributed by atoms with Crippen LogP contribution in [0.25, 0.3) is 0 Å². The second-order valence-electron chi connectivity index (χ2n) is 7.71. The highest BCUT2D eigenvalue weighted by Crippen LogP contribution is 2.28. The van der Waals surface area contributed by atoms with Crippen LogP contribution in [-0.4, -0.2) is 38.0 Å². The van der Waals surface area contributed by atoms with E-state index in [0.717, 1.165) is 16.8 Å². The summed E-state index contributed by atoms with van der Waals surface area (Å²) in [6, 6.07) is 11.7. The maximum atomic E-state index is 13.1. The Kier molecular flexibility index (Phi) is 6.06. The summed E-state index contributed by atoms with van der Waals surface area (Å²) >= 11 is 0. The van der Waals surface area contributed by atoms with Gasteiger partial charge in [-0.3, -0.25) is 19.3 Å². The molecule has 1 aromatic carbocycles. The van der Waals surface area contributed by atoms with Crippen LogP contribution >= 0.6 is 0 Å². The number of rotatable bonds is 6. The summed E-state index contributed by atoms with van der Waals surface area (Å²) in [5, 5.41) is 7.39. The van der Waals surface area contributed by atoms with Gasteiger partial charge in [0.25, 0.3) is 0 Å². The Hall–Kier alpha value is -3.55. The van der Waals surface area contributed by atoms with Crippen LogP contribution in [0.5, 0.6) is 0 Å². The molecule has 3 heterocycles. The van der Waals surface area contributed by atoms with E-state index in [2.05, 4.69) is 15.4 Å². The lowest BCUT2D eigenvalue weighted by Gasteiger charge is -2.31. The third-order valence-electron chi connectivity index (χ3n) is 5.41. The van der Waals surface area contributed by atoms with Crippen LogP contribution in [0.15, 0.2) is 54.9 Å². The number of aromatic nitrogens is 3. The zero-order chi connectivity index (χ0) is 21.8. The Morgan fingerprint density at radius 1 is 1.19 bits per heavy atom. The first-order valence-electron chi connectivity index (χ1n) is 10.2. The molecule has 0 fully saturated rings. The van der Waals surface area contributed by atoms with Crippen LogP contribution in [0.1, 0.15) is 34.9 Å². The van der Waals surface area contributed by atoms with Gasteiger partial charge in [0.05, 0.1) is 23.9 Å². The minimum absolute atomic E-state index is 0.0404. The van der Waals surface area contributed by atoms with Crippen molar-refractivity contribution in [3.05, 3.63) is 83.2 Å². The number of carbonyl (C=O) groups is 2. The van der Waals surface area contributed by atoms with Crippen LogP contribution < -0.4 is 5.32 Å². The molecule has 1 aliphatic heterocycles. The maximum absolute atomic E-state index is 13.1. The van der Waals surface area contributed by atoms with Gasteiger partial charge in [0, 0.05) is 44.5 Å². The molecule has 0 spiro atoms. The van der Waals surface area contributed by atoms with E-state index in [4.69, 9.17) is 0 Å². The van der Waals surface area contributed by atoms with Gasteiger partial charge >= 0.3 is 0 Å². The number of carbonyl (C=O) groups excluding carboxylic acids is 2. The highest BCUT2D eigenvalue weighted by molar-refractivity contribution is 5.86. The van der Waals surface area contributed by atoms with E-state index in [1.54, 1.807) is 27.9 Å². The molecule has 2 amide bonds. The molecule has 4 rings (SSSR count). The fourth-order valence-corrected chi connectivity index (χ4v) is 3.81. The molecule has 1 atom stereocenters. The number of pyridine rings is 1. The molecule has 0 bridgehead atoms. The van der Waals surface area contributed by atoms with Gasteiger partial charge in [-0.15, -0.1) is 0 Å². The van der Waals surface area contributed by atoms with E-state index in [1.165, 1.54) is 12.1 Å². The van der Waals surface area contributed by atoms with Gasteiger partial charge in [-0.1, -0.05) is 18.2 Å². The molecule has 0 aliphatic carbocycles. The molecule has 0 saturated carbocycles. The van der Waals surface area contributed by atoms with Crippen molar-refractivity contribution in [1.29, 1.82) is 0 Å². The fourth-order valence-electron chi connectivity index (χ4n) is 3.81. The number of nitrogens with zero attached hydrogens (tertiary/aromatic N) is 4. The van der Waals surface area contributed by atoms with Gasteiger partial charge in [0.2, 0.25) is 11.8 Å². The lowest BCUT2D eigenvalue weighted by atomic mass is 9.95. The van der Waals surface area contributed by atoms with E-state index in [0.29, 0.717) is 31.6 Å². The molecule has 2 aromatic heterocycles. The first-order valence-corrected chi connectivity index (χ1v) is 10.2. The number of halogens is 1. The largest absolute Gasteiger partial charge is 0.350 e. The second-order valence-corrected chi connectivity index (χ2v) is 7.71. The smallest absolute Gasteiger partial charge is 0.231 e. The molecule has 0 unspecified atom stereocenters. The summed E-state index contributed by atoms with van der Waals surface area (Å²) in [7, 11) is 1.81. The lowest BCUT2D eigenvalue weighted by Crippen LogP contribution is -2.43. The predicted octanol–water partition coefficient (Wildman–Crippen LogP) is 2.33. The molecule has 3 aromatic rings. The van der Waals surface area contributed by atoms with E-state index < -0.39 is 5.92 Å². The molecule has 8 heteroatoms. The van der Waals surface area contributed by atoms with E-state index >= 15 is 0 Å². The van der Waals surface area contributed by atoms with Crippen molar-refractivity contribution in [2.24, 2.45) is 7.05 Å². The summed E-state index contributed by atoms with van der Waals surface area (Å²) in [6.07, 6.45) is 4.35. The number of fused-ring (bicyclic) bond motifs is 1. The molecule has 1 aliphatic rings. The molecule has 160 valence electrons. The summed E-state index contributed by atoms with van der Waals surface area (Å²) in [6.45, 7) is 1.02. The SMILES string of the molecule is Cn1cc2c(n1)[C@H](C(=O)NCc1ccccn1)CN(C(=O)CCc1ccc(F)cc1)C2. The second kappa shape index (κ2) is 9.07. The minimum atomic E-state index is -0.538. The molecule has 1 N–H and O–H groups in total. The average Bonchev–Trinajstić information content (AvgIpc) is 3.17. The summed E-state index contributed by atoms with van der Waals surface area (Å²) in [5.74, 6) is -1.05. The van der Waals surface area contributed by atoms with Crippen LogP contribution in [-0.2, 0) is 36.1 Å². The van der Waals surface area contributed by atoms with Crippen molar-refractivity contribution >= 4 is 11.8 Å². The molecule has 0 saturated heterocycles. The average molecular weight is 421 g/mol. The molecular formula is C23H24FN5O2. The van der Waals surface area contributed by atoms with Crippen LogP contribution in [0.3, 0.4) is 0 Å². The number of benzene rings is 1. The van der Waals surface area contributed by atoms with Gasteiger partial charge in [-0.05, 0) is 36.2 Å². The van der Waals surface area contributed by atoms with Crippen LogP contribution in [0.4, 0.5) is 4.39 Å².